The highest BCUT2D eigenvalue weighted by Crippen LogP contribution is 2.23. The van der Waals surface area contributed by atoms with Gasteiger partial charge in [0.1, 0.15) is 5.82 Å². The summed E-state index contributed by atoms with van der Waals surface area (Å²) < 4.78 is 2.13. The number of amides is 1. The molecular weight excluding hydrogens is 298 g/mol. The van der Waals surface area contributed by atoms with Crippen LogP contribution in [0.2, 0.25) is 0 Å². The van der Waals surface area contributed by atoms with Gasteiger partial charge in [0.15, 0.2) is 0 Å². The van der Waals surface area contributed by atoms with E-state index in [1.807, 2.05) is 48.2 Å². The highest BCUT2D eigenvalue weighted by Gasteiger charge is 2.19. The zero-order valence-corrected chi connectivity index (χ0v) is 13.9. The lowest BCUT2D eigenvalue weighted by atomic mass is 10.1. The van der Waals surface area contributed by atoms with Gasteiger partial charge in [-0.15, -0.1) is 0 Å². The molecule has 0 saturated carbocycles. The van der Waals surface area contributed by atoms with Crippen LogP contribution < -0.4 is 0 Å². The van der Waals surface area contributed by atoms with Crippen LogP contribution in [0.15, 0.2) is 48.5 Å². The summed E-state index contributed by atoms with van der Waals surface area (Å²) >= 11 is 0. The fourth-order valence-corrected chi connectivity index (χ4v) is 3.52. The van der Waals surface area contributed by atoms with Crippen molar-refractivity contribution < 1.29 is 4.79 Å². The zero-order chi connectivity index (χ0) is 16.5. The van der Waals surface area contributed by atoms with Gasteiger partial charge in [-0.1, -0.05) is 18.2 Å². The van der Waals surface area contributed by atoms with Gasteiger partial charge in [-0.05, 0) is 56.5 Å². The van der Waals surface area contributed by atoms with Crippen molar-refractivity contribution >= 4 is 16.9 Å². The van der Waals surface area contributed by atoms with Crippen LogP contribution in [0, 0.1) is 6.92 Å². The first kappa shape index (κ1) is 14.9. The minimum atomic E-state index is 0.128. The summed E-state index contributed by atoms with van der Waals surface area (Å²) in [5.74, 6) is 1.06. The molecule has 24 heavy (non-hydrogen) atoms. The van der Waals surface area contributed by atoms with Crippen molar-refractivity contribution in [1.82, 2.24) is 14.5 Å². The normalized spacial score (nSPS) is 15.0. The molecule has 1 fully saturated rings. The number of piperidine rings is 1. The van der Waals surface area contributed by atoms with E-state index in [0.717, 1.165) is 54.0 Å². The van der Waals surface area contributed by atoms with Crippen molar-refractivity contribution in [2.75, 3.05) is 13.1 Å². The van der Waals surface area contributed by atoms with Gasteiger partial charge in [-0.2, -0.15) is 0 Å². The molecule has 2 heterocycles. The summed E-state index contributed by atoms with van der Waals surface area (Å²) in [5, 5.41) is 0. The third kappa shape index (κ3) is 2.58. The molecule has 0 radical (unpaired) electrons. The molecule has 4 nitrogen and oxygen atoms in total. The van der Waals surface area contributed by atoms with E-state index in [2.05, 4.69) is 21.7 Å². The van der Waals surface area contributed by atoms with Crippen LogP contribution in [-0.2, 0) is 0 Å². The number of fused-ring (bicyclic) bond motifs is 1. The van der Waals surface area contributed by atoms with Gasteiger partial charge >= 0.3 is 0 Å². The average molecular weight is 319 g/mol. The van der Waals surface area contributed by atoms with Gasteiger partial charge in [-0.25, -0.2) is 4.98 Å². The van der Waals surface area contributed by atoms with Crippen molar-refractivity contribution in [3.05, 3.63) is 59.9 Å². The molecule has 0 unspecified atom stereocenters. The maximum atomic E-state index is 12.7. The second-order valence-corrected chi connectivity index (χ2v) is 6.39. The first-order valence-electron chi connectivity index (χ1n) is 8.58. The number of para-hydroxylation sites is 1. The highest BCUT2D eigenvalue weighted by molar-refractivity contribution is 5.97. The smallest absolute Gasteiger partial charge is 0.253 e. The molecule has 1 aliphatic rings. The molecular formula is C20H21N3O. The second-order valence-electron chi connectivity index (χ2n) is 6.39. The molecule has 1 aromatic heterocycles. The van der Waals surface area contributed by atoms with Crippen LogP contribution in [0.3, 0.4) is 0 Å². The summed E-state index contributed by atoms with van der Waals surface area (Å²) in [7, 11) is 0. The largest absolute Gasteiger partial charge is 0.339 e. The Morgan fingerprint density at radius 1 is 1.00 bits per heavy atom. The molecule has 4 rings (SSSR count). The van der Waals surface area contributed by atoms with Gasteiger partial charge in [0.05, 0.1) is 11.0 Å². The first-order valence-corrected chi connectivity index (χ1v) is 8.58. The lowest BCUT2D eigenvalue weighted by molar-refractivity contribution is 0.0724. The molecule has 0 spiro atoms. The number of rotatable bonds is 2. The number of carbonyl (C=O) groups excluding carboxylic acids is 1. The van der Waals surface area contributed by atoms with E-state index in [1.165, 1.54) is 6.42 Å². The second kappa shape index (κ2) is 6.11. The molecule has 122 valence electrons. The molecule has 4 heteroatoms. The molecule has 2 aromatic carbocycles. The quantitative estimate of drug-likeness (QED) is 0.717. The Balaban J connectivity index is 1.73. The van der Waals surface area contributed by atoms with Crippen LogP contribution in [-0.4, -0.2) is 33.4 Å². The summed E-state index contributed by atoms with van der Waals surface area (Å²) in [5.41, 5.74) is 3.74. The van der Waals surface area contributed by atoms with Crippen molar-refractivity contribution in [3.63, 3.8) is 0 Å². The van der Waals surface area contributed by atoms with Gasteiger partial charge in [0.2, 0.25) is 0 Å². The van der Waals surface area contributed by atoms with Crippen molar-refractivity contribution in [2.45, 2.75) is 26.2 Å². The number of likely N-dealkylation sites (tertiary alicyclic amines) is 1. The number of benzene rings is 2. The van der Waals surface area contributed by atoms with Gasteiger partial charge in [-0.3, -0.25) is 9.36 Å². The fourth-order valence-electron chi connectivity index (χ4n) is 3.52. The number of carbonyl (C=O) groups is 1. The van der Waals surface area contributed by atoms with Gasteiger partial charge in [0.25, 0.3) is 5.91 Å². The van der Waals surface area contributed by atoms with Crippen molar-refractivity contribution in [1.29, 1.82) is 0 Å². The van der Waals surface area contributed by atoms with Crippen LogP contribution >= 0.6 is 0 Å². The summed E-state index contributed by atoms with van der Waals surface area (Å²) in [6.07, 6.45) is 3.44. The van der Waals surface area contributed by atoms with E-state index >= 15 is 0 Å². The Labute approximate surface area is 141 Å². The number of hydrogen-bond acceptors (Lipinski definition) is 2. The van der Waals surface area contributed by atoms with E-state index in [1.54, 1.807) is 0 Å². The number of aryl methyl sites for hydroxylation is 1. The number of hydrogen-bond donors (Lipinski definition) is 0. The third-order valence-corrected chi connectivity index (χ3v) is 4.73. The Bertz CT molecular complexity index is 877. The molecule has 3 aromatic rings. The molecule has 1 saturated heterocycles. The molecule has 0 bridgehead atoms. The number of nitrogens with zero attached hydrogens (tertiary/aromatic N) is 3. The molecule has 0 aliphatic carbocycles. The number of aromatic nitrogens is 2. The maximum Gasteiger partial charge on any atom is 0.253 e. The monoisotopic (exact) mass is 319 g/mol. The van der Waals surface area contributed by atoms with Crippen molar-refractivity contribution in [3.8, 4) is 5.69 Å². The van der Waals surface area contributed by atoms with Crippen LogP contribution in [0.25, 0.3) is 16.7 Å². The minimum absolute atomic E-state index is 0.128. The Kier molecular flexibility index (Phi) is 3.81. The third-order valence-electron chi connectivity index (χ3n) is 4.73. The Hall–Kier alpha value is -2.62. The predicted octanol–water partition coefficient (Wildman–Crippen LogP) is 3.96. The van der Waals surface area contributed by atoms with E-state index < -0.39 is 0 Å². The predicted molar refractivity (Wildman–Crippen MR) is 95.6 cm³/mol. The Morgan fingerprint density at radius 3 is 2.50 bits per heavy atom. The van der Waals surface area contributed by atoms with Gasteiger partial charge < -0.3 is 4.90 Å². The highest BCUT2D eigenvalue weighted by atomic mass is 16.2. The van der Waals surface area contributed by atoms with E-state index in [-0.39, 0.29) is 5.91 Å². The van der Waals surface area contributed by atoms with E-state index in [9.17, 15) is 4.79 Å². The number of imidazole rings is 1. The maximum absolute atomic E-state index is 12.7. The summed E-state index contributed by atoms with van der Waals surface area (Å²) in [6.45, 7) is 3.74. The first-order chi connectivity index (χ1) is 11.7. The fraction of sp³-hybridized carbons (Fsp3) is 0.300. The molecule has 1 amide bonds. The molecule has 0 N–H and O–H groups in total. The van der Waals surface area contributed by atoms with E-state index in [4.69, 9.17) is 0 Å². The summed E-state index contributed by atoms with van der Waals surface area (Å²) in [4.78, 5) is 19.3. The van der Waals surface area contributed by atoms with Crippen molar-refractivity contribution in [2.24, 2.45) is 0 Å². The zero-order valence-electron chi connectivity index (χ0n) is 13.9. The Morgan fingerprint density at radius 2 is 1.75 bits per heavy atom. The van der Waals surface area contributed by atoms with Crippen LogP contribution in [0.1, 0.15) is 35.4 Å². The molecule has 0 atom stereocenters. The lowest BCUT2D eigenvalue weighted by Crippen LogP contribution is -2.35. The summed E-state index contributed by atoms with van der Waals surface area (Å²) in [6, 6.07) is 16.1. The van der Waals surface area contributed by atoms with Crippen LogP contribution in [0.5, 0.6) is 0 Å². The standard InChI is InChI=1S/C20H21N3O/c1-15-21-18-14-16(20(24)22-12-6-3-7-13-22)10-11-19(18)23(15)17-8-4-2-5-9-17/h2,4-5,8-11,14H,3,6-7,12-13H2,1H3. The van der Waals surface area contributed by atoms with Crippen LogP contribution in [0.4, 0.5) is 0 Å². The molecule has 1 aliphatic heterocycles. The van der Waals surface area contributed by atoms with Gasteiger partial charge in [0, 0.05) is 24.3 Å². The van der Waals surface area contributed by atoms with E-state index in [0.29, 0.717) is 0 Å². The lowest BCUT2D eigenvalue weighted by Gasteiger charge is -2.26. The minimum Gasteiger partial charge on any atom is -0.339 e. The topological polar surface area (TPSA) is 38.1 Å². The average Bonchev–Trinajstić information content (AvgIpc) is 2.97. The SMILES string of the molecule is Cc1nc2cc(C(=O)N3CCCCC3)ccc2n1-c1ccccc1.